The van der Waals surface area contributed by atoms with Crippen LogP contribution in [0, 0.1) is 0 Å². The van der Waals surface area contributed by atoms with Crippen LogP contribution in [0.3, 0.4) is 0 Å². The third-order valence-electron chi connectivity index (χ3n) is 4.93. The average molecular weight is 382 g/mol. The highest BCUT2D eigenvalue weighted by atomic mass is 32.1. The summed E-state index contributed by atoms with van der Waals surface area (Å²) in [6.45, 7) is 8.26. The monoisotopic (exact) mass is 381 g/mol. The summed E-state index contributed by atoms with van der Waals surface area (Å²) < 4.78 is 11.0. The molecule has 1 aromatic heterocycles. The Bertz CT molecular complexity index is 663. The van der Waals surface area contributed by atoms with Crippen molar-refractivity contribution in [2.24, 2.45) is 0 Å². The van der Waals surface area contributed by atoms with Crippen LogP contribution in [0.1, 0.15) is 54.4 Å². The van der Waals surface area contributed by atoms with E-state index in [9.17, 15) is 9.59 Å². The Kier molecular flexibility index (Phi) is 6.32. The number of quaternary nitrogens is 1. The van der Waals surface area contributed by atoms with Gasteiger partial charge in [-0.15, -0.1) is 11.3 Å². The van der Waals surface area contributed by atoms with Crippen LogP contribution in [0.2, 0.25) is 0 Å². The number of rotatable bonds is 5. The summed E-state index contributed by atoms with van der Waals surface area (Å²) in [6.07, 6.45) is 4.40. The molecule has 3 atom stereocenters. The van der Waals surface area contributed by atoms with Crippen LogP contribution in [0.15, 0.2) is 0 Å². The van der Waals surface area contributed by atoms with Gasteiger partial charge in [-0.25, -0.2) is 4.79 Å². The van der Waals surface area contributed by atoms with Gasteiger partial charge in [-0.05, 0) is 52.0 Å². The quantitative estimate of drug-likeness (QED) is 0.757. The molecule has 1 saturated heterocycles. The van der Waals surface area contributed by atoms with Crippen molar-refractivity contribution in [3.8, 4) is 0 Å². The van der Waals surface area contributed by atoms with Gasteiger partial charge >= 0.3 is 5.97 Å². The lowest BCUT2D eigenvalue weighted by atomic mass is 9.95. The molecule has 1 aromatic rings. The summed E-state index contributed by atoms with van der Waals surface area (Å²) in [4.78, 5) is 27.5. The topological polar surface area (TPSA) is 69.1 Å². The zero-order valence-electron chi connectivity index (χ0n) is 15.9. The first-order chi connectivity index (χ1) is 12.5. The number of carbonyl (C=O) groups excluding carboxylic acids is 2. The number of amides is 1. The highest BCUT2D eigenvalue weighted by Gasteiger charge is 2.30. The van der Waals surface area contributed by atoms with Crippen molar-refractivity contribution in [3.05, 3.63) is 16.0 Å². The first kappa shape index (κ1) is 19.3. The fraction of sp³-hybridized carbons (Fsp3) is 0.684. The van der Waals surface area contributed by atoms with E-state index in [0.29, 0.717) is 23.7 Å². The highest BCUT2D eigenvalue weighted by Crippen LogP contribution is 2.38. The van der Waals surface area contributed by atoms with Gasteiger partial charge in [0.25, 0.3) is 5.91 Å². The van der Waals surface area contributed by atoms with Crippen LogP contribution < -0.4 is 10.2 Å². The minimum atomic E-state index is -0.317. The minimum absolute atomic E-state index is 0.0505. The predicted octanol–water partition coefficient (Wildman–Crippen LogP) is 1.43. The molecular formula is C19H29N2O4S+. The van der Waals surface area contributed by atoms with Gasteiger partial charge in [0.1, 0.15) is 30.3 Å². The van der Waals surface area contributed by atoms with E-state index in [1.807, 2.05) is 13.8 Å². The SMILES string of the molecule is CCOC(=O)c1c(NC(=O)C[NH+]2C[C@@H](C)O[C@@H](C)C2)sc2c1CCCC2. The Morgan fingerprint density at radius 3 is 2.62 bits per heavy atom. The molecule has 0 aromatic carbocycles. The second-order valence-electron chi connectivity index (χ2n) is 7.28. The average Bonchev–Trinajstić information content (AvgIpc) is 2.91. The number of carbonyl (C=O) groups is 2. The first-order valence-corrected chi connectivity index (χ1v) is 10.4. The lowest BCUT2D eigenvalue weighted by molar-refractivity contribution is -0.907. The first-order valence-electron chi connectivity index (χ1n) is 9.58. The molecule has 0 spiro atoms. The van der Waals surface area contributed by atoms with E-state index >= 15 is 0 Å². The van der Waals surface area contributed by atoms with Crippen molar-refractivity contribution in [2.75, 3.05) is 31.6 Å². The Morgan fingerprint density at radius 2 is 1.92 bits per heavy atom. The van der Waals surface area contributed by atoms with Crippen molar-refractivity contribution in [1.29, 1.82) is 0 Å². The van der Waals surface area contributed by atoms with Crippen molar-refractivity contribution in [3.63, 3.8) is 0 Å². The van der Waals surface area contributed by atoms with E-state index in [-0.39, 0.29) is 24.1 Å². The molecule has 2 heterocycles. The molecule has 0 saturated carbocycles. The summed E-state index contributed by atoms with van der Waals surface area (Å²) in [5.41, 5.74) is 1.66. The number of thiophene rings is 1. The number of fused-ring (bicyclic) bond motifs is 1. The molecule has 0 radical (unpaired) electrons. The molecule has 2 aliphatic rings. The van der Waals surface area contributed by atoms with Crippen molar-refractivity contribution < 1.29 is 24.0 Å². The molecule has 6 nitrogen and oxygen atoms in total. The molecule has 1 amide bonds. The largest absolute Gasteiger partial charge is 0.462 e. The lowest BCUT2D eigenvalue weighted by Gasteiger charge is -2.31. The Balaban J connectivity index is 1.73. The number of esters is 1. The van der Waals surface area contributed by atoms with E-state index in [0.717, 1.165) is 44.3 Å². The van der Waals surface area contributed by atoms with Gasteiger partial charge in [0.15, 0.2) is 6.54 Å². The van der Waals surface area contributed by atoms with Crippen LogP contribution in [0.4, 0.5) is 5.00 Å². The number of nitrogens with one attached hydrogen (secondary N) is 2. The summed E-state index contributed by atoms with van der Waals surface area (Å²) >= 11 is 1.54. The van der Waals surface area contributed by atoms with E-state index in [2.05, 4.69) is 5.32 Å². The number of anilines is 1. The minimum Gasteiger partial charge on any atom is -0.462 e. The summed E-state index contributed by atoms with van der Waals surface area (Å²) in [5.74, 6) is -0.367. The van der Waals surface area contributed by atoms with E-state index in [1.165, 1.54) is 9.78 Å². The second kappa shape index (κ2) is 8.50. The van der Waals surface area contributed by atoms with Gasteiger partial charge in [-0.3, -0.25) is 4.79 Å². The molecule has 1 aliphatic carbocycles. The Hall–Kier alpha value is -1.44. The maximum absolute atomic E-state index is 12.6. The second-order valence-corrected chi connectivity index (χ2v) is 8.38. The Morgan fingerprint density at radius 1 is 1.23 bits per heavy atom. The number of morpholine rings is 1. The molecule has 26 heavy (non-hydrogen) atoms. The maximum atomic E-state index is 12.6. The molecule has 2 N–H and O–H groups in total. The van der Waals surface area contributed by atoms with E-state index in [4.69, 9.17) is 9.47 Å². The van der Waals surface area contributed by atoms with Crippen LogP contribution in [0.5, 0.6) is 0 Å². The standard InChI is InChI=1S/C19H28N2O4S/c1-4-24-19(23)17-14-7-5-6-8-15(14)26-18(17)20-16(22)11-21-9-12(2)25-13(3)10-21/h12-13H,4-11H2,1-3H3,(H,20,22)/p+1/t12-,13+. The summed E-state index contributed by atoms with van der Waals surface area (Å²) in [5, 5.41) is 3.66. The van der Waals surface area contributed by atoms with Crippen LogP contribution in [-0.2, 0) is 27.1 Å². The van der Waals surface area contributed by atoms with E-state index in [1.54, 1.807) is 18.3 Å². The van der Waals surface area contributed by atoms with Crippen molar-refractivity contribution >= 4 is 28.2 Å². The molecule has 1 aliphatic heterocycles. The van der Waals surface area contributed by atoms with E-state index < -0.39 is 0 Å². The zero-order chi connectivity index (χ0) is 18.7. The van der Waals surface area contributed by atoms with Gasteiger partial charge in [0.2, 0.25) is 0 Å². The number of hydrogen-bond acceptors (Lipinski definition) is 5. The molecule has 144 valence electrons. The smallest absolute Gasteiger partial charge is 0.341 e. The molecule has 1 unspecified atom stereocenters. The number of ether oxygens (including phenoxy) is 2. The molecule has 7 heteroatoms. The number of hydrogen-bond donors (Lipinski definition) is 2. The van der Waals surface area contributed by atoms with Crippen LogP contribution in [0.25, 0.3) is 0 Å². The van der Waals surface area contributed by atoms with Crippen molar-refractivity contribution in [1.82, 2.24) is 0 Å². The molecule has 1 fully saturated rings. The third kappa shape index (κ3) is 4.45. The number of aryl methyl sites for hydroxylation is 1. The predicted molar refractivity (Wildman–Crippen MR) is 101 cm³/mol. The van der Waals surface area contributed by atoms with Crippen LogP contribution >= 0.6 is 11.3 Å². The maximum Gasteiger partial charge on any atom is 0.341 e. The van der Waals surface area contributed by atoms with Gasteiger partial charge in [0.05, 0.1) is 12.2 Å². The fourth-order valence-corrected chi connectivity index (χ4v) is 5.30. The Labute approximate surface area is 158 Å². The molecular weight excluding hydrogens is 352 g/mol. The van der Waals surface area contributed by atoms with Gasteiger partial charge in [-0.2, -0.15) is 0 Å². The van der Waals surface area contributed by atoms with Gasteiger partial charge in [-0.1, -0.05) is 0 Å². The van der Waals surface area contributed by atoms with Gasteiger partial charge in [0, 0.05) is 4.88 Å². The summed E-state index contributed by atoms with van der Waals surface area (Å²) in [7, 11) is 0. The summed E-state index contributed by atoms with van der Waals surface area (Å²) in [6, 6.07) is 0. The lowest BCUT2D eigenvalue weighted by Crippen LogP contribution is -3.16. The van der Waals surface area contributed by atoms with Crippen LogP contribution in [-0.4, -0.2) is 50.3 Å². The van der Waals surface area contributed by atoms with Gasteiger partial charge < -0.3 is 19.7 Å². The third-order valence-corrected chi connectivity index (χ3v) is 6.14. The molecule has 0 bridgehead atoms. The normalized spacial score (nSPS) is 25.4. The van der Waals surface area contributed by atoms with Crippen molar-refractivity contribution in [2.45, 2.75) is 58.7 Å². The highest BCUT2D eigenvalue weighted by molar-refractivity contribution is 7.17. The zero-order valence-corrected chi connectivity index (χ0v) is 16.7. The fourth-order valence-electron chi connectivity index (χ4n) is 4.00. The molecule has 3 rings (SSSR count).